The van der Waals surface area contributed by atoms with E-state index in [9.17, 15) is 0 Å². The van der Waals surface area contributed by atoms with Crippen molar-refractivity contribution in [3.05, 3.63) is 188 Å². The van der Waals surface area contributed by atoms with Crippen molar-refractivity contribution < 1.29 is 0 Å². The van der Waals surface area contributed by atoms with Crippen molar-refractivity contribution in [2.45, 2.75) is 26.2 Å². The van der Waals surface area contributed by atoms with Gasteiger partial charge in [-0.05, 0) is 83.8 Å². The van der Waals surface area contributed by atoms with E-state index in [1.54, 1.807) is 0 Å². The lowest BCUT2D eigenvalue weighted by molar-refractivity contribution is 0.590. The van der Waals surface area contributed by atoms with Gasteiger partial charge in [-0.15, -0.1) is 0 Å². The van der Waals surface area contributed by atoms with Gasteiger partial charge in [-0.3, -0.25) is 0 Å². The molecular weight excluding hydrogens is 681 g/mol. The number of hydrogen-bond donors (Lipinski definition) is 1. The molecule has 0 saturated heterocycles. The Morgan fingerprint density at radius 3 is 1.20 bits per heavy atom. The maximum atomic E-state index is 3.73. The minimum atomic E-state index is 0.0988. The van der Waals surface area contributed by atoms with Crippen molar-refractivity contribution in [1.29, 1.82) is 0 Å². The first kappa shape index (κ1) is 32.4. The molecule has 56 heavy (non-hydrogen) atoms. The van der Waals surface area contributed by atoms with Crippen molar-refractivity contribution >= 4 is 76.8 Å². The third-order valence-electron chi connectivity index (χ3n) is 11.5. The Kier molecular flexibility index (Phi) is 7.08. The fraction of sp³-hybridized carbons (Fsp3) is 0.0769. The molecule has 0 unspecified atom stereocenters. The molecule has 0 atom stereocenters. The molecule has 11 aromatic rings. The number of rotatable bonds is 5. The Balaban J connectivity index is 1.33. The van der Waals surface area contributed by atoms with Crippen LogP contribution < -0.4 is 5.32 Å². The molecule has 3 aromatic heterocycles. The van der Waals surface area contributed by atoms with Gasteiger partial charge < -0.3 is 19.0 Å². The zero-order valence-corrected chi connectivity index (χ0v) is 31.7. The highest BCUT2D eigenvalue weighted by atomic mass is 15.0. The van der Waals surface area contributed by atoms with Crippen LogP contribution in [-0.2, 0) is 5.41 Å². The smallest absolute Gasteiger partial charge is 0.0663 e. The van der Waals surface area contributed by atoms with E-state index in [2.05, 4.69) is 222 Å². The molecule has 4 heteroatoms. The van der Waals surface area contributed by atoms with Crippen molar-refractivity contribution in [3.8, 4) is 17.1 Å². The number of fused-ring (bicyclic) bond motifs is 12. The maximum absolute atomic E-state index is 3.73. The Bertz CT molecular complexity index is 3210. The van der Waals surface area contributed by atoms with Crippen LogP contribution in [0.5, 0.6) is 0 Å². The highest BCUT2D eigenvalue weighted by Crippen LogP contribution is 2.50. The van der Waals surface area contributed by atoms with Crippen molar-refractivity contribution in [2.24, 2.45) is 0 Å². The number of hydrogen-bond acceptors (Lipinski definition) is 1. The van der Waals surface area contributed by atoms with Gasteiger partial charge in [0.2, 0.25) is 0 Å². The van der Waals surface area contributed by atoms with Crippen LogP contribution in [0.1, 0.15) is 26.3 Å². The van der Waals surface area contributed by atoms with E-state index in [4.69, 9.17) is 0 Å². The van der Waals surface area contributed by atoms with E-state index < -0.39 is 0 Å². The lowest BCUT2D eigenvalue weighted by atomic mass is 9.87. The Morgan fingerprint density at radius 1 is 0.357 bits per heavy atom. The van der Waals surface area contributed by atoms with E-state index in [-0.39, 0.29) is 5.41 Å². The summed E-state index contributed by atoms with van der Waals surface area (Å²) in [6.45, 7) is 6.77. The van der Waals surface area contributed by atoms with Gasteiger partial charge in [-0.25, -0.2) is 0 Å². The molecule has 8 aromatic carbocycles. The summed E-state index contributed by atoms with van der Waals surface area (Å²) in [5.41, 5.74) is 14.1. The molecule has 0 spiro atoms. The number of nitrogens with zero attached hydrogens (tertiary/aromatic N) is 3. The predicted molar refractivity (Wildman–Crippen MR) is 238 cm³/mol. The average Bonchev–Trinajstić information content (AvgIpc) is 3.87. The van der Waals surface area contributed by atoms with Crippen LogP contribution in [0.3, 0.4) is 0 Å². The molecule has 0 radical (unpaired) electrons. The number of nitrogens with one attached hydrogen (secondary N) is 1. The molecule has 3 heterocycles. The summed E-state index contributed by atoms with van der Waals surface area (Å²) in [5.74, 6) is 0. The molecule has 0 amide bonds. The number of para-hydroxylation sites is 5. The summed E-state index contributed by atoms with van der Waals surface area (Å²) < 4.78 is 7.50. The number of benzene rings is 8. The largest absolute Gasteiger partial charge is 0.355 e. The van der Waals surface area contributed by atoms with E-state index >= 15 is 0 Å². The van der Waals surface area contributed by atoms with Gasteiger partial charge in [0, 0.05) is 60.8 Å². The molecule has 0 bridgehead atoms. The van der Waals surface area contributed by atoms with E-state index in [1.807, 2.05) is 0 Å². The zero-order chi connectivity index (χ0) is 37.5. The van der Waals surface area contributed by atoms with Crippen LogP contribution >= 0.6 is 0 Å². The Labute approximate surface area is 325 Å². The van der Waals surface area contributed by atoms with Crippen LogP contribution in [0.4, 0.5) is 11.4 Å². The minimum Gasteiger partial charge on any atom is -0.355 e. The molecular formula is C52H40N4. The SMILES string of the molecule is CC(C)(C)c1ccc(Nc2cccc(-n3c4ccccc4c4c5c(c6ccccc6n5-c5ccccc5)c5c(c6ccccc6n5-c5ccccc5)c43)c2)cc1. The normalized spacial score (nSPS) is 12.2. The summed E-state index contributed by atoms with van der Waals surface area (Å²) in [6, 6.07) is 66.2. The van der Waals surface area contributed by atoms with Gasteiger partial charge in [-0.1, -0.05) is 130 Å². The van der Waals surface area contributed by atoms with Crippen molar-refractivity contribution in [2.75, 3.05) is 5.32 Å². The summed E-state index contributed by atoms with van der Waals surface area (Å²) in [5, 5.41) is 11.2. The molecule has 0 aliphatic rings. The molecule has 0 aliphatic carbocycles. The summed E-state index contributed by atoms with van der Waals surface area (Å²) in [6.07, 6.45) is 0. The average molecular weight is 721 g/mol. The fourth-order valence-electron chi connectivity index (χ4n) is 9.05. The quantitative estimate of drug-likeness (QED) is 0.188. The van der Waals surface area contributed by atoms with Crippen LogP contribution in [-0.4, -0.2) is 13.7 Å². The Morgan fingerprint density at radius 2 is 0.750 bits per heavy atom. The topological polar surface area (TPSA) is 26.8 Å². The molecule has 1 N–H and O–H groups in total. The van der Waals surface area contributed by atoms with Crippen LogP contribution in [0, 0.1) is 0 Å². The van der Waals surface area contributed by atoms with Crippen molar-refractivity contribution in [3.63, 3.8) is 0 Å². The van der Waals surface area contributed by atoms with Crippen LogP contribution in [0.25, 0.3) is 82.5 Å². The van der Waals surface area contributed by atoms with E-state index in [1.165, 1.54) is 71.0 Å². The van der Waals surface area contributed by atoms with Gasteiger partial charge in [0.25, 0.3) is 0 Å². The zero-order valence-electron chi connectivity index (χ0n) is 31.7. The first-order valence-electron chi connectivity index (χ1n) is 19.5. The molecule has 0 fully saturated rings. The highest BCUT2D eigenvalue weighted by Gasteiger charge is 2.28. The van der Waals surface area contributed by atoms with Crippen LogP contribution in [0.15, 0.2) is 182 Å². The standard InChI is InChI=1S/C52H40N4/c1-52(2,3)34-29-31-35(32-30-34)53-36-17-16-22-39(33-36)56-45-28-15-12-25-42(45)48-50-46(40-23-10-13-26-43(40)54(50)37-18-6-4-7-19-37)49-47(51(48)56)41-24-11-14-27-44(41)55(49)38-20-8-5-9-21-38/h4-33,53H,1-3H3. The van der Waals surface area contributed by atoms with Gasteiger partial charge in [0.05, 0.1) is 33.1 Å². The number of aromatic nitrogens is 3. The second kappa shape index (κ2) is 12.2. The Hall–Kier alpha value is -7.04. The second-order valence-electron chi connectivity index (χ2n) is 15.9. The predicted octanol–water partition coefficient (Wildman–Crippen LogP) is 14.0. The molecule has 11 rings (SSSR count). The minimum absolute atomic E-state index is 0.0988. The van der Waals surface area contributed by atoms with Gasteiger partial charge in [-0.2, -0.15) is 0 Å². The van der Waals surface area contributed by atoms with E-state index in [0.717, 1.165) is 28.4 Å². The van der Waals surface area contributed by atoms with Gasteiger partial charge >= 0.3 is 0 Å². The van der Waals surface area contributed by atoms with Crippen LogP contribution in [0.2, 0.25) is 0 Å². The lowest BCUT2D eigenvalue weighted by Crippen LogP contribution is -2.10. The summed E-state index contributed by atoms with van der Waals surface area (Å²) >= 11 is 0. The maximum Gasteiger partial charge on any atom is 0.0663 e. The molecule has 268 valence electrons. The molecule has 4 nitrogen and oxygen atoms in total. The molecule has 0 saturated carbocycles. The van der Waals surface area contributed by atoms with Gasteiger partial charge in [0.1, 0.15) is 0 Å². The first-order valence-corrected chi connectivity index (χ1v) is 19.5. The van der Waals surface area contributed by atoms with E-state index in [0.29, 0.717) is 0 Å². The molecule has 0 aliphatic heterocycles. The van der Waals surface area contributed by atoms with Crippen molar-refractivity contribution in [1.82, 2.24) is 13.7 Å². The third kappa shape index (κ3) is 4.79. The summed E-state index contributed by atoms with van der Waals surface area (Å²) in [4.78, 5) is 0. The fourth-order valence-corrected chi connectivity index (χ4v) is 9.05. The number of anilines is 2. The third-order valence-corrected chi connectivity index (χ3v) is 11.5. The second-order valence-corrected chi connectivity index (χ2v) is 15.9. The van der Waals surface area contributed by atoms with Gasteiger partial charge in [0.15, 0.2) is 0 Å². The monoisotopic (exact) mass is 720 g/mol. The lowest BCUT2D eigenvalue weighted by Gasteiger charge is -2.19. The summed E-state index contributed by atoms with van der Waals surface area (Å²) in [7, 11) is 0. The highest BCUT2D eigenvalue weighted by molar-refractivity contribution is 6.40. The first-order chi connectivity index (χ1) is 27.5.